The van der Waals surface area contributed by atoms with Crippen molar-refractivity contribution >= 4 is 17.5 Å². The Kier molecular flexibility index (Phi) is 7.32. The molecule has 1 fully saturated rings. The fourth-order valence-corrected chi connectivity index (χ4v) is 3.47. The van der Waals surface area contributed by atoms with Crippen LogP contribution in [0.3, 0.4) is 0 Å². The maximum atomic E-state index is 12.9. The lowest BCUT2D eigenvalue weighted by Gasteiger charge is -2.34. The largest absolute Gasteiger partial charge is 0.411 e. The van der Waals surface area contributed by atoms with Gasteiger partial charge in [0.05, 0.1) is 11.4 Å². The number of carbonyl (C=O) groups excluding carboxylic acids is 1. The highest BCUT2D eigenvalue weighted by Crippen LogP contribution is 2.18. The Bertz CT molecular complexity index is 866. The Morgan fingerprint density at radius 1 is 1.23 bits per heavy atom. The monoisotopic (exact) mass is 445 g/mol. The normalized spacial score (nSPS) is 15.6. The first-order chi connectivity index (χ1) is 14.2. The average Bonchev–Trinajstić information content (AvgIpc) is 3.08. The van der Waals surface area contributed by atoms with Crippen LogP contribution in [0.25, 0.3) is 5.69 Å². The predicted octanol–water partition coefficient (Wildman–Crippen LogP) is 2.96. The minimum absolute atomic E-state index is 0.0600. The van der Waals surface area contributed by atoms with Crippen LogP contribution in [-0.4, -0.2) is 82.8 Å². The van der Waals surface area contributed by atoms with E-state index in [1.54, 1.807) is 34.7 Å². The summed E-state index contributed by atoms with van der Waals surface area (Å²) in [5, 5.41) is 8.72. The van der Waals surface area contributed by atoms with Crippen LogP contribution in [0.5, 0.6) is 0 Å². The molecule has 0 N–H and O–H groups in total. The molecule has 0 unspecified atom stereocenters. The molecule has 0 bridgehead atoms. The van der Waals surface area contributed by atoms with Crippen molar-refractivity contribution in [1.82, 2.24) is 24.8 Å². The number of carbonyl (C=O) groups is 1. The molecule has 164 valence electrons. The van der Waals surface area contributed by atoms with Crippen LogP contribution < -0.4 is 0 Å². The van der Waals surface area contributed by atoms with E-state index in [-0.39, 0.29) is 12.5 Å². The molecular formula is C19H23ClF3N5O2. The minimum Gasteiger partial charge on any atom is -0.372 e. The Morgan fingerprint density at radius 3 is 2.63 bits per heavy atom. The quantitative estimate of drug-likeness (QED) is 0.613. The molecule has 1 saturated heterocycles. The smallest absolute Gasteiger partial charge is 0.372 e. The SMILES string of the molecule is Cc1c(C(=O)N2CCN(CCCOCC(F)(F)F)CC2)nnn1-c1cccc(Cl)c1. The maximum Gasteiger partial charge on any atom is 0.411 e. The van der Waals surface area contributed by atoms with Gasteiger partial charge < -0.3 is 9.64 Å². The molecule has 1 aliphatic heterocycles. The highest BCUT2D eigenvalue weighted by molar-refractivity contribution is 6.30. The molecule has 11 heteroatoms. The van der Waals surface area contributed by atoms with Gasteiger partial charge in [0.1, 0.15) is 6.61 Å². The third kappa shape index (κ3) is 5.93. The summed E-state index contributed by atoms with van der Waals surface area (Å²) < 4.78 is 42.4. The molecule has 0 aliphatic carbocycles. The van der Waals surface area contributed by atoms with Crippen molar-refractivity contribution < 1.29 is 22.7 Å². The summed E-state index contributed by atoms with van der Waals surface area (Å²) in [6.45, 7) is 3.58. The van der Waals surface area contributed by atoms with Crippen LogP contribution in [0.2, 0.25) is 5.02 Å². The Morgan fingerprint density at radius 2 is 1.97 bits per heavy atom. The number of nitrogens with zero attached hydrogens (tertiary/aromatic N) is 5. The van der Waals surface area contributed by atoms with Crippen LogP contribution in [0.1, 0.15) is 22.6 Å². The lowest BCUT2D eigenvalue weighted by molar-refractivity contribution is -0.174. The summed E-state index contributed by atoms with van der Waals surface area (Å²) in [7, 11) is 0. The Labute approximate surface area is 177 Å². The van der Waals surface area contributed by atoms with Crippen LogP contribution in [-0.2, 0) is 4.74 Å². The third-order valence-corrected chi connectivity index (χ3v) is 5.07. The van der Waals surface area contributed by atoms with Crippen molar-refractivity contribution in [2.45, 2.75) is 19.5 Å². The summed E-state index contributed by atoms with van der Waals surface area (Å²) in [4.78, 5) is 16.7. The molecule has 0 radical (unpaired) electrons. The first kappa shape index (κ1) is 22.5. The van der Waals surface area contributed by atoms with E-state index in [2.05, 4.69) is 19.9 Å². The van der Waals surface area contributed by atoms with Crippen LogP contribution >= 0.6 is 11.6 Å². The Hall–Kier alpha value is -2.17. The van der Waals surface area contributed by atoms with Gasteiger partial charge in [-0.1, -0.05) is 22.9 Å². The van der Waals surface area contributed by atoms with E-state index in [1.165, 1.54) is 0 Å². The zero-order chi connectivity index (χ0) is 21.7. The average molecular weight is 446 g/mol. The lowest BCUT2D eigenvalue weighted by atomic mass is 10.2. The molecule has 0 atom stereocenters. The summed E-state index contributed by atoms with van der Waals surface area (Å²) in [5.74, 6) is -0.186. The van der Waals surface area contributed by atoms with Crippen LogP contribution in [0.15, 0.2) is 24.3 Å². The number of halogens is 4. The number of piperazine rings is 1. The molecule has 0 saturated carbocycles. The molecule has 2 heterocycles. The van der Waals surface area contributed by atoms with Crippen LogP contribution in [0, 0.1) is 6.92 Å². The van der Waals surface area contributed by atoms with E-state index in [1.807, 2.05) is 6.07 Å². The van der Waals surface area contributed by atoms with Crippen LogP contribution in [0.4, 0.5) is 13.2 Å². The number of benzene rings is 1. The maximum absolute atomic E-state index is 12.9. The highest BCUT2D eigenvalue weighted by Gasteiger charge is 2.28. The van der Waals surface area contributed by atoms with Crippen molar-refractivity contribution in [1.29, 1.82) is 0 Å². The molecule has 7 nitrogen and oxygen atoms in total. The van der Waals surface area contributed by atoms with Gasteiger partial charge >= 0.3 is 6.18 Å². The molecule has 30 heavy (non-hydrogen) atoms. The number of aromatic nitrogens is 3. The highest BCUT2D eigenvalue weighted by atomic mass is 35.5. The minimum atomic E-state index is -4.29. The second-order valence-electron chi connectivity index (χ2n) is 7.07. The fourth-order valence-electron chi connectivity index (χ4n) is 3.28. The topological polar surface area (TPSA) is 63.5 Å². The van der Waals surface area contributed by atoms with Gasteiger partial charge in [0.2, 0.25) is 0 Å². The van der Waals surface area contributed by atoms with E-state index in [4.69, 9.17) is 11.6 Å². The number of amides is 1. The molecule has 1 aliphatic rings. The standard InChI is InChI=1S/C19H23ClF3N5O2/c1-14-17(24-25-28(14)16-5-2-4-15(20)12-16)18(29)27-9-7-26(8-10-27)6-3-11-30-13-19(21,22)23/h2,4-5,12H,3,6-11,13H2,1H3. The number of rotatable bonds is 7. The molecule has 1 amide bonds. The second-order valence-corrected chi connectivity index (χ2v) is 7.51. The lowest BCUT2D eigenvalue weighted by Crippen LogP contribution is -2.49. The fraction of sp³-hybridized carbons (Fsp3) is 0.526. The molecule has 1 aromatic carbocycles. The first-order valence-corrected chi connectivity index (χ1v) is 9.97. The van der Waals surface area contributed by atoms with Gasteiger partial charge in [-0.3, -0.25) is 9.69 Å². The van der Waals surface area contributed by atoms with E-state index < -0.39 is 12.8 Å². The van der Waals surface area contributed by atoms with Gasteiger partial charge in [0.25, 0.3) is 5.91 Å². The van der Waals surface area contributed by atoms with Gasteiger partial charge in [-0.15, -0.1) is 5.10 Å². The first-order valence-electron chi connectivity index (χ1n) is 9.59. The van der Waals surface area contributed by atoms with Gasteiger partial charge in [0, 0.05) is 44.4 Å². The zero-order valence-corrected chi connectivity index (χ0v) is 17.3. The van der Waals surface area contributed by atoms with Crippen molar-refractivity contribution in [2.75, 3.05) is 45.9 Å². The van der Waals surface area contributed by atoms with Crippen molar-refractivity contribution in [3.8, 4) is 5.69 Å². The number of hydrogen-bond donors (Lipinski definition) is 0. The number of alkyl halides is 3. The molecular weight excluding hydrogens is 423 g/mol. The molecule has 3 rings (SSSR count). The summed E-state index contributed by atoms with van der Waals surface area (Å²) in [6, 6.07) is 7.13. The predicted molar refractivity (Wildman–Crippen MR) is 105 cm³/mol. The van der Waals surface area contributed by atoms with Gasteiger partial charge in [0.15, 0.2) is 5.69 Å². The van der Waals surface area contributed by atoms with Crippen molar-refractivity contribution in [3.63, 3.8) is 0 Å². The van der Waals surface area contributed by atoms with E-state index in [9.17, 15) is 18.0 Å². The Balaban J connectivity index is 1.49. The third-order valence-electron chi connectivity index (χ3n) is 4.84. The van der Waals surface area contributed by atoms with E-state index >= 15 is 0 Å². The van der Waals surface area contributed by atoms with Gasteiger partial charge in [-0.25, -0.2) is 4.68 Å². The molecule has 1 aromatic heterocycles. The zero-order valence-electron chi connectivity index (χ0n) is 16.5. The van der Waals surface area contributed by atoms with Gasteiger partial charge in [-0.2, -0.15) is 13.2 Å². The van der Waals surface area contributed by atoms with Crippen molar-refractivity contribution in [3.05, 3.63) is 40.7 Å². The molecule has 0 spiro atoms. The van der Waals surface area contributed by atoms with E-state index in [0.29, 0.717) is 55.6 Å². The summed E-state index contributed by atoms with van der Waals surface area (Å²) in [5.41, 5.74) is 1.65. The second kappa shape index (κ2) is 9.76. The summed E-state index contributed by atoms with van der Waals surface area (Å²) in [6.07, 6.45) is -3.78. The summed E-state index contributed by atoms with van der Waals surface area (Å²) >= 11 is 6.03. The van der Waals surface area contributed by atoms with E-state index in [0.717, 1.165) is 5.69 Å². The van der Waals surface area contributed by atoms with Gasteiger partial charge in [-0.05, 0) is 31.5 Å². The van der Waals surface area contributed by atoms with Crippen molar-refractivity contribution in [2.24, 2.45) is 0 Å². The number of ether oxygens (including phenoxy) is 1. The molecule has 2 aromatic rings. The number of hydrogen-bond acceptors (Lipinski definition) is 5.